The number of fused-ring (bicyclic) bond motifs is 1. The van der Waals surface area contributed by atoms with Crippen molar-refractivity contribution in [3.63, 3.8) is 0 Å². The molecular formula is C16H9BrFN3. The molecule has 2 aromatic carbocycles. The second-order valence-corrected chi connectivity index (χ2v) is 5.30. The molecule has 0 atom stereocenters. The Kier molecular flexibility index (Phi) is 3.55. The van der Waals surface area contributed by atoms with E-state index in [-0.39, 0.29) is 5.82 Å². The van der Waals surface area contributed by atoms with E-state index in [4.69, 9.17) is 0 Å². The maximum Gasteiger partial charge on any atom is 0.149 e. The van der Waals surface area contributed by atoms with E-state index in [9.17, 15) is 9.65 Å². The van der Waals surface area contributed by atoms with Crippen molar-refractivity contribution in [1.29, 1.82) is 5.26 Å². The van der Waals surface area contributed by atoms with Crippen molar-refractivity contribution in [2.45, 2.75) is 0 Å². The van der Waals surface area contributed by atoms with Crippen LogP contribution in [0.3, 0.4) is 0 Å². The Morgan fingerprint density at radius 2 is 1.95 bits per heavy atom. The normalized spacial score (nSPS) is 10.3. The molecule has 0 amide bonds. The monoisotopic (exact) mass is 341 g/mol. The van der Waals surface area contributed by atoms with Crippen LogP contribution in [0.5, 0.6) is 0 Å². The van der Waals surface area contributed by atoms with Crippen LogP contribution in [0, 0.1) is 17.1 Å². The minimum Gasteiger partial charge on any atom is -0.339 e. The van der Waals surface area contributed by atoms with Gasteiger partial charge < -0.3 is 5.32 Å². The van der Waals surface area contributed by atoms with Crippen molar-refractivity contribution in [1.82, 2.24) is 4.98 Å². The molecule has 0 saturated carbocycles. The van der Waals surface area contributed by atoms with E-state index in [1.54, 1.807) is 18.2 Å². The first-order chi connectivity index (χ1) is 10.2. The summed E-state index contributed by atoms with van der Waals surface area (Å²) in [6, 6.07) is 16.0. The van der Waals surface area contributed by atoms with E-state index < -0.39 is 0 Å². The summed E-state index contributed by atoms with van der Waals surface area (Å²) in [5.41, 5.74) is 1.89. The van der Waals surface area contributed by atoms with Gasteiger partial charge in [-0.2, -0.15) is 5.26 Å². The van der Waals surface area contributed by atoms with E-state index in [1.165, 1.54) is 6.07 Å². The van der Waals surface area contributed by atoms with Gasteiger partial charge in [0, 0.05) is 11.1 Å². The first kappa shape index (κ1) is 13.5. The molecule has 5 heteroatoms. The average molecular weight is 342 g/mol. The molecule has 0 aliphatic carbocycles. The number of rotatable bonds is 2. The smallest absolute Gasteiger partial charge is 0.149 e. The second kappa shape index (κ2) is 5.51. The van der Waals surface area contributed by atoms with E-state index in [2.05, 4.69) is 32.3 Å². The van der Waals surface area contributed by atoms with Crippen LogP contribution in [0.4, 0.5) is 15.9 Å². The van der Waals surface area contributed by atoms with Crippen molar-refractivity contribution in [2.75, 3.05) is 5.32 Å². The fourth-order valence-corrected chi connectivity index (χ4v) is 2.39. The molecule has 0 aliphatic heterocycles. The largest absolute Gasteiger partial charge is 0.339 e. The van der Waals surface area contributed by atoms with Gasteiger partial charge in [0.05, 0.1) is 15.6 Å². The minimum absolute atomic E-state index is 0.340. The number of nitrogens with one attached hydrogen (secondary N) is 1. The van der Waals surface area contributed by atoms with Crippen LogP contribution in [0.1, 0.15) is 5.56 Å². The van der Waals surface area contributed by atoms with Gasteiger partial charge in [0.15, 0.2) is 0 Å². The number of hydrogen-bond acceptors (Lipinski definition) is 3. The Balaban J connectivity index is 2.06. The number of nitriles is 1. The summed E-state index contributed by atoms with van der Waals surface area (Å²) in [6.07, 6.45) is 0. The molecule has 102 valence electrons. The lowest BCUT2D eigenvalue weighted by molar-refractivity contribution is 0.621. The van der Waals surface area contributed by atoms with Gasteiger partial charge in [-0.3, -0.25) is 0 Å². The zero-order chi connectivity index (χ0) is 14.8. The number of pyridine rings is 1. The van der Waals surface area contributed by atoms with Crippen molar-refractivity contribution in [2.24, 2.45) is 0 Å². The van der Waals surface area contributed by atoms with E-state index in [0.717, 1.165) is 10.9 Å². The highest BCUT2D eigenvalue weighted by Crippen LogP contribution is 2.26. The van der Waals surface area contributed by atoms with Gasteiger partial charge in [0.25, 0.3) is 0 Å². The maximum absolute atomic E-state index is 13.2. The van der Waals surface area contributed by atoms with Crippen LogP contribution in [0.25, 0.3) is 10.9 Å². The molecule has 21 heavy (non-hydrogen) atoms. The maximum atomic E-state index is 13.2. The Labute approximate surface area is 129 Å². The Hall–Kier alpha value is -2.45. The SMILES string of the molecule is N#Cc1cc2ccccc2nc1Nc1ccc(F)c(Br)c1. The molecule has 0 saturated heterocycles. The summed E-state index contributed by atoms with van der Waals surface area (Å²) < 4.78 is 13.6. The highest BCUT2D eigenvalue weighted by molar-refractivity contribution is 9.10. The molecule has 3 aromatic rings. The molecule has 3 rings (SSSR count). The summed E-state index contributed by atoms with van der Waals surface area (Å²) in [4.78, 5) is 4.45. The number of para-hydroxylation sites is 1. The Morgan fingerprint density at radius 3 is 2.71 bits per heavy atom. The number of benzene rings is 2. The molecule has 1 heterocycles. The fraction of sp³-hybridized carbons (Fsp3) is 0. The van der Waals surface area contributed by atoms with Crippen molar-refractivity contribution in [3.05, 3.63) is 64.4 Å². The molecule has 0 radical (unpaired) electrons. The molecule has 0 unspecified atom stereocenters. The number of halogens is 2. The Bertz CT molecular complexity index is 871. The fourth-order valence-electron chi connectivity index (χ4n) is 2.01. The van der Waals surface area contributed by atoms with Gasteiger partial charge >= 0.3 is 0 Å². The lowest BCUT2D eigenvalue weighted by Crippen LogP contribution is -1.98. The highest BCUT2D eigenvalue weighted by Gasteiger charge is 2.08. The average Bonchev–Trinajstić information content (AvgIpc) is 2.50. The predicted octanol–water partition coefficient (Wildman–Crippen LogP) is 4.75. The molecule has 0 spiro atoms. The summed E-state index contributed by atoms with van der Waals surface area (Å²) in [5.74, 6) is 0.113. The minimum atomic E-state index is -0.340. The molecule has 0 bridgehead atoms. The van der Waals surface area contributed by atoms with Crippen molar-refractivity contribution < 1.29 is 4.39 Å². The van der Waals surface area contributed by atoms with E-state index in [1.807, 2.05) is 24.3 Å². The molecule has 3 nitrogen and oxygen atoms in total. The van der Waals surface area contributed by atoms with Crippen LogP contribution in [-0.4, -0.2) is 4.98 Å². The third-order valence-corrected chi connectivity index (χ3v) is 3.63. The summed E-state index contributed by atoms with van der Waals surface area (Å²) in [6.45, 7) is 0. The first-order valence-corrected chi connectivity index (χ1v) is 6.98. The van der Waals surface area contributed by atoms with Gasteiger partial charge in [-0.15, -0.1) is 0 Å². The number of anilines is 2. The lowest BCUT2D eigenvalue weighted by Gasteiger charge is -2.09. The molecule has 0 aliphatic rings. The van der Waals surface area contributed by atoms with Gasteiger partial charge in [-0.05, 0) is 46.3 Å². The van der Waals surface area contributed by atoms with Crippen molar-refractivity contribution in [3.8, 4) is 6.07 Å². The molecule has 0 fully saturated rings. The van der Waals surface area contributed by atoms with Gasteiger partial charge in [-0.25, -0.2) is 9.37 Å². The third kappa shape index (κ3) is 2.71. The second-order valence-electron chi connectivity index (χ2n) is 4.44. The summed E-state index contributed by atoms with van der Waals surface area (Å²) in [7, 11) is 0. The van der Waals surface area contributed by atoms with E-state index in [0.29, 0.717) is 21.5 Å². The number of nitrogens with zero attached hydrogens (tertiary/aromatic N) is 2. The summed E-state index contributed by atoms with van der Waals surface area (Å²) in [5, 5.41) is 13.2. The molecule has 1 N–H and O–H groups in total. The quantitative estimate of drug-likeness (QED) is 0.731. The first-order valence-electron chi connectivity index (χ1n) is 6.19. The zero-order valence-electron chi connectivity index (χ0n) is 10.8. The number of aromatic nitrogens is 1. The Morgan fingerprint density at radius 1 is 1.14 bits per heavy atom. The van der Waals surface area contributed by atoms with Crippen LogP contribution in [-0.2, 0) is 0 Å². The standard InChI is InChI=1S/C16H9BrFN3/c17-13-8-12(5-6-14(13)18)20-16-11(9-19)7-10-3-1-2-4-15(10)21-16/h1-8H,(H,20,21). The third-order valence-electron chi connectivity index (χ3n) is 3.03. The molecule has 1 aromatic heterocycles. The van der Waals surface area contributed by atoms with Gasteiger partial charge in [0.1, 0.15) is 17.7 Å². The summed E-state index contributed by atoms with van der Waals surface area (Å²) >= 11 is 3.13. The molecular weight excluding hydrogens is 333 g/mol. The number of hydrogen-bond donors (Lipinski definition) is 1. The predicted molar refractivity (Wildman–Crippen MR) is 83.8 cm³/mol. The van der Waals surface area contributed by atoms with Gasteiger partial charge in [0.2, 0.25) is 0 Å². The van der Waals surface area contributed by atoms with Crippen molar-refractivity contribution >= 4 is 38.3 Å². The topological polar surface area (TPSA) is 48.7 Å². The van der Waals surface area contributed by atoms with Crippen LogP contribution >= 0.6 is 15.9 Å². The van der Waals surface area contributed by atoms with Crippen LogP contribution < -0.4 is 5.32 Å². The lowest BCUT2D eigenvalue weighted by atomic mass is 10.1. The van der Waals surface area contributed by atoms with E-state index >= 15 is 0 Å². The van der Waals surface area contributed by atoms with Crippen LogP contribution in [0.15, 0.2) is 53.0 Å². The van der Waals surface area contributed by atoms with Crippen LogP contribution in [0.2, 0.25) is 0 Å². The zero-order valence-corrected chi connectivity index (χ0v) is 12.4. The van der Waals surface area contributed by atoms with Gasteiger partial charge in [-0.1, -0.05) is 18.2 Å². The highest BCUT2D eigenvalue weighted by atomic mass is 79.9.